The molecule has 18 heavy (non-hydrogen) atoms. The lowest BCUT2D eigenvalue weighted by Gasteiger charge is -2.39. The maximum absolute atomic E-state index is 9.91. The second-order valence-electron chi connectivity index (χ2n) is 5.69. The Bertz CT molecular complexity index is 419. The molecule has 1 aliphatic heterocycles. The number of pyridine rings is 1. The maximum atomic E-state index is 9.91. The van der Waals surface area contributed by atoms with Gasteiger partial charge in [0.05, 0.1) is 6.10 Å². The first-order valence-electron chi connectivity index (χ1n) is 7.17. The number of anilines is 1. The molecule has 1 N–H and O–H groups in total. The number of nitrogens with zero attached hydrogens (tertiary/aromatic N) is 2. The van der Waals surface area contributed by atoms with Crippen molar-refractivity contribution in [3.8, 4) is 0 Å². The van der Waals surface area contributed by atoms with Gasteiger partial charge in [-0.15, -0.1) is 0 Å². The minimum Gasteiger partial charge on any atom is -0.389 e. The van der Waals surface area contributed by atoms with Crippen LogP contribution in [0.2, 0.25) is 0 Å². The summed E-state index contributed by atoms with van der Waals surface area (Å²) in [5, 5.41) is 9.91. The lowest BCUT2D eigenvalue weighted by molar-refractivity contribution is 0.198. The van der Waals surface area contributed by atoms with Gasteiger partial charge in [0.1, 0.15) is 5.82 Å². The Kier molecular flexibility index (Phi) is 3.25. The summed E-state index contributed by atoms with van der Waals surface area (Å²) in [6, 6.07) is 4.58. The van der Waals surface area contributed by atoms with Crippen molar-refractivity contribution in [1.29, 1.82) is 0 Å². The predicted octanol–water partition coefficient (Wildman–Crippen LogP) is 2.90. The van der Waals surface area contributed by atoms with Crippen molar-refractivity contribution in [3.63, 3.8) is 0 Å². The first kappa shape index (κ1) is 12.0. The van der Waals surface area contributed by atoms with Crippen molar-refractivity contribution in [3.05, 3.63) is 23.9 Å². The number of rotatable bonds is 2. The van der Waals surface area contributed by atoms with Crippen molar-refractivity contribution in [2.75, 3.05) is 11.4 Å². The summed E-state index contributed by atoms with van der Waals surface area (Å²) in [6.45, 7) is 2.93. The highest BCUT2D eigenvalue weighted by Crippen LogP contribution is 2.40. The molecule has 1 aliphatic carbocycles. The largest absolute Gasteiger partial charge is 0.389 e. The van der Waals surface area contributed by atoms with E-state index >= 15 is 0 Å². The molecule has 1 saturated carbocycles. The van der Waals surface area contributed by atoms with Crippen LogP contribution in [0.3, 0.4) is 0 Å². The van der Waals surface area contributed by atoms with Gasteiger partial charge in [0.25, 0.3) is 0 Å². The third-order valence-corrected chi connectivity index (χ3v) is 4.53. The summed E-state index contributed by atoms with van der Waals surface area (Å²) in [6.07, 6.45) is 8.06. The topological polar surface area (TPSA) is 36.4 Å². The molecule has 2 aliphatic rings. The van der Waals surface area contributed by atoms with E-state index in [1.807, 2.05) is 25.3 Å². The quantitative estimate of drug-likeness (QED) is 0.871. The van der Waals surface area contributed by atoms with E-state index in [0.29, 0.717) is 6.04 Å². The monoisotopic (exact) mass is 246 g/mol. The number of aliphatic hydroxyl groups excluding tert-OH is 1. The average Bonchev–Trinajstić information content (AvgIpc) is 2.86. The van der Waals surface area contributed by atoms with Gasteiger partial charge in [-0.25, -0.2) is 4.98 Å². The first-order valence-corrected chi connectivity index (χ1v) is 7.17. The van der Waals surface area contributed by atoms with Crippen LogP contribution in [0.4, 0.5) is 5.82 Å². The Labute approximate surface area is 109 Å². The fourth-order valence-corrected chi connectivity index (χ4v) is 3.69. The number of piperidine rings is 1. The summed E-state index contributed by atoms with van der Waals surface area (Å²) in [7, 11) is 0. The Balaban J connectivity index is 1.93. The van der Waals surface area contributed by atoms with E-state index in [2.05, 4.69) is 9.88 Å². The van der Waals surface area contributed by atoms with E-state index in [9.17, 15) is 5.11 Å². The maximum Gasteiger partial charge on any atom is 0.134 e. The Morgan fingerprint density at radius 3 is 3.00 bits per heavy atom. The van der Waals surface area contributed by atoms with Crippen molar-refractivity contribution >= 4 is 5.82 Å². The van der Waals surface area contributed by atoms with Gasteiger partial charge in [-0.1, -0.05) is 12.5 Å². The molecule has 0 bridgehead atoms. The molecular weight excluding hydrogens is 224 g/mol. The molecule has 0 amide bonds. The molecule has 0 spiro atoms. The number of hydrogen-bond acceptors (Lipinski definition) is 3. The molecule has 2 heterocycles. The minimum absolute atomic E-state index is 0.435. The third kappa shape index (κ3) is 2.01. The summed E-state index contributed by atoms with van der Waals surface area (Å²) in [4.78, 5) is 7.01. The molecule has 2 fully saturated rings. The summed E-state index contributed by atoms with van der Waals surface area (Å²) in [5.74, 6) is 1.87. The number of aromatic nitrogens is 1. The van der Waals surface area contributed by atoms with Crippen LogP contribution in [0.25, 0.3) is 0 Å². The normalized spacial score (nSPS) is 29.1. The van der Waals surface area contributed by atoms with Crippen LogP contribution in [0.15, 0.2) is 18.3 Å². The number of hydrogen-bond donors (Lipinski definition) is 1. The molecule has 0 radical (unpaired) electrons. The second kappa shape index (κ2) is 4.88. The lowest BCUT2D eigenvalue weighted by Crippen LogP contribution is -2.43. The van der Waals surface area contributed by atoms with Gasteiger partial charge in [-0.05, 0) is 44.6 Å². The summed E-state index contributed by atoms with van der Waals surface area (Å²) in [5.41, 5.74) is 0.977. The highest BCUT2D eigenvalue weighted by Gasteiger charge is 2.36. The molecule has 3 rings (SSSR count). The fraction of sp³-hybridized carbons (Fsp3) is 0.667. The summed E-state index contributed by atoms with van der Waals surface area (Å²) >= 11 is 0. The molecule has 1 saturated heterocycles. The van der Waals surface area contributed by atoms with Crippen LogP contribution in [-0.2, 0) is 0 Å². The summed E-state index contributed by atoms with van der Waals surface area (Å²) < 4.78 is 0. The Morgan fingerprint density at radius 1 is 1.33 bits per heavy atom. The van der Waals surface area contributed by atoms with E-state index in [4.69, 9.17) is 0 Å². The molecular formula is C15H22N2O. The van der Waals surface area contributed by atoms with Crippen molar-refractivity contribution in [2.24, 2.45) is 5.92 Å². The Hall–Kier alpha value is -1.09. The van der Waals surface area contributed by atoms with Gasteiger partial charge in [-0.3, -0.25) is 0 Å². The van der Waals surface area contributed by atoms with Gasteiger partial charge < -0.3 is 10.0 Å². The molecule has 98 valence electrons. The van der Waals surface area contributed by atoms with Gasteiger partial charge in [0, 0.05) is 24.3 Å². The Morgan fingerprint density at radius 2 is 2.17 bits per heavy atom. The van der Waals surface area contributed by atoms with Crippen LogP contribution in [-0.4, -0.2) is 22.7 Å². The van der Waals surface area contributed by atoms with Crippen molar-refractivity contribution < 1.29 is 5.11 Å². The van der Waals surface area contributed by atoms with E-state index < -0.39 is 6.10 Å². The molecule has 3 atom stereocenters. The molecule has 1 aromatic rings. The smallest absolute Gasteiger partial charge is 0.134 e. The molecule has 3 heteroatoms. The number of aliphatic hydroxyl groups is 1. The fourth-order valence-electron chi connectivity index (χ4n) is 3.69. The van der Waals surface area contributed by atoms with Crippen molar-refractivity contribution in [1.82, 2.24) is 4.98 Å². The SMILES string of the molecule is CC(O)c1cccnc1N1CCCC2CCCC21. The molecule has 3 unspecified atom stereocenters. The zero-order valence-corrected chi connectivity index (χ0v) is 11.0. The van der Waals surface area contributed by atoms with Crippen LogP contribution in [0.5, 0.6) is 0 Å². The van der Waals surface area contributed by atoms with E-state index in [1.54, 1.807) is 0 Å². The van der Waals surface area contributed by atoms with Crippen LogP contribution in [0.1, 0.15) is 50.7 Å². The van der Waals surface area contributed by atoms with E-state index in [-0.39, 0.29) is 0 Å². The average molecular weight is 246 g/mol. The molecule has 0 aromatic carbocycles. The molecule has 3 nitrogen and oxygen atoms in total. The highest BCUT2D eigenvalue weighted by atomic mass is 16.3. The standard InChI is InChI=1S/C15H22N2O/c1-11(18)13-7-3-9-16-15(13)17-10-4-6-12-5-2-8-14(12)17/h3,7,9,11-12,14,18H,2,4-6,8,10H2,1H3. The zero-order chi connectivity index (χ0) is 12.5. The van der Waals surface area contributed by atoms with Crippen molar-refractivity contribution in [2.45, 2.75) is 51.2 Å². The van der Waals surface area contributed by atoms with Gasteiger partial charge in [0.15, 0.2) is 0 Å². The molecule has 1 aromatic heterocycles. The van der Waals surface area contributed by atoms with Crippen LogP contribution >= 0.6 is 0 Å². The lowest BCUT2D eigenvalue weighted by atomic mass is 9.91. The van der Waals surface area contributed by atoms with Crippen LogP contribution in [0, 0.1) is 5.92 Å². The van der Waals surface area contributed by atoms with Gasteiger partial charge >= 0.3 is 0 Å². The van der Waals surface area contributed by atoms with E-state index in [0.717, 1.165) is 23.8 Å². The highest BCUT2D eigenvalue weighted by molar-refractivity contribution is 5.49. The van der Waals surface area contributed by atoms with Gasteiger partial charge in [-0.2, -0.15) is 0 Å². The van der Waals surface area contributed by atoms with Crippen LogP contribution < -0.4 is 4.90 Å². The second-order valence-corrected chi connectivity index (χ2v) is 5.69. The zero-order valence-electron chi connectivity index (χ0n) is 11.0. The third-order valence-electron chi connectivity index (χ3n) is 4.53. The van der Waals surface area contributed by atoms with Gasteiger partial charge in [0.2, 0.25) is 0 Å². The minimum atomic E-state index is -0.435. The predicted molar refractivity (Wildman–Crippen MR) is 72.6 cm³/mol. The van der Waals surface area contributed by atoms with E-state index in [1.165, 1.54) is 32.1 Å². The first-order chi connectivity index (χ1) is 8.77. The number of fused-ring (bicyclic) bond motifs is 1.